The fraction of sp³-hybridized carbons (Fsp3) is 0.261. The van der Waals surface area contributed by atoms with Gasteiger partial charge in [-0.3, -0.25) is 4.79 Å². The van der Waals surface area contributed by atoms with Gasteiger partial charge in [-0.2, -0.15) is 5.10 Å². The molecule has 156 valence electrons. The molecule has 1 unspecified atom stereocenters. The number of nitrogens with one attached hydrogen (secondary N) is 1. The molecule has 0 aliphatic rings. The van der Waals surface area contributed by atoms with Crippen LogP contribution in [0.2, 0.25) is 0 Å². The zero-order valence-corrected chi connectivity index (χ0v) is 17.2. The van der Waals surface area contributed by atoms with Gasteiger partial charge < -0.3 is 10.1 Å². The van der Waals surface area contributed by atoms with E-state index >= 15 is 0 Å². The highest BCUT2D eigenvalue weighted by atomic mass is 19.1. The van der Waals surface area contributed by atoms with Crippen LogP contribution in [0.4, 0.5) is 4.39 Å². The number of nitrogens with zero attached hydrogens (tertiary/aromatic N) is 2. The number of hydrogen-bond donors (Lipinski definition) is 1. The van der Waals surface area contributed by atoms with Crippen LogP contribution in [0.1, 0.15) is 35.5 Å². The van der Waals surface area contributed by atoms with Crippen molar-refractivity contribution in [3.05, 3.63) is 82.9 Å². The molecular weight excluding hydrogens is 385 g/mol. The van der Waals surface area contributed by atoms with E-state index in [0.29, 0.717) is 22.6 Å². The molecule has 0 fully saturated rings. The molecule has 0 aliphatic carbocycles. The quantitative estimate of drug-likeness (QED) is 0.606. The van der Waals surface area contributed by atoms with Gasteiger partial charge in [0.15, 0.2) is 6.04 Å². The summed E-state index contributed by atoms with van der Waals surface area (Å²) in [5, 5.41) is 7.30. The van der Waals surface area contributed by atoms with Crippen molar-refractivity contribution >= 4 is 11.9 Å². The van der Waals surface area contributed by atoms with Crippen molar-refractivity contribution in [1.29, 1.82) is 0 Å². The molecule has 3 aromatic rings. The summed E-state index contributed by atoms with van der Waals surface area (Å²) in [4.78, 5) is 25.4. The molecule has 1 amide bonds. The van der Waals surface area contributed by atoms with Crippen LogP contribution in [0.3, 0.4) is 0 Å². The van der Waals surface area contributed by atoms with Crippen molar-refractivity contribution in [3.8, 4) is 5.69 Å². The number of benzene rings is 2. The van der Waals surface area contributed by atoms with Gasteiger partial charge in [0, 0.05) is 11.3 Å². The minimum absolute atomic E-state index is 0.140. The maximum Gasteiger partial charge on any atom is 0.333 e. The number of carbonyl (C=O) groups excluding carboxylic acids is 2. The molecule has 1 N–H and O–H groups in total. The van der Waals surface area contributed by atoms with Crippen molar-refractivity contribution < 1.29 is 18.7 Å². The number of rotatable bonds is 7. The predicted molar refractivity (Wildman–Crippen MR) is 111 cm³/mol. The average Bonchev–Trinajstić information content (AvgIpc) is 3.01. The number of halogens is 1. The fourth-order valence-corrected chi connectivity index (χ4v) is 3.37. The summed E-state index contributed by atoms with van der Waals surface area (Å²) in [6.07, 6.45) is 0.140. The van der Waals surface area contributed by atoms with Crippen LogP contribution in [-0.2, 0) is 20.7 Å². The summed E-state index contributed by atoms with van der Waals surface area (Å²) >= 11 is 0. The molecule has 1 heterocycles. The molecule has 0 bridgehead atoms. The van der Waals surface area contributed by atoms with Gasteiger partial charge in [0.25, 0.3) is 0 Å². The summed E-state index contributed by atoms with van der Waals surface area (Å²) in [6.45, 7) is 5.46. The molecule has 0 saturated carbocycles. The highest BCUT2D eigenvalue weighted by Gasteiger charge is 2.30. The van der Waals surface area contributed by atoms with Crippen molar-refractivity contribution in [1.82, 2.24) is 15.1 Å². The highest BCUT2D eigenvalue weighted by Crippen LogP contribution is 2.26. The molecule has 6 nitrogen and oxygen atoms in total. The van der Waals surface area contributed by atoms with Crippen molar-refractivity contribution in [2.45, 2.75) is 33.2 Å². The molecule has 1 aromatic heterocycles. The molecule has 2 aromatic carbocycles. The van der Waals surface area contributed by atoms with E-state index in [-0.39, 0.29) is 24.8 Å². The van der Waals surface area contributed by atoms with Crippen LogP contribution in [0.25, 0.3) is 5.69 Å². The monoisotopic (exact) mass is 409 g/mol. The first kappa shape index (κ1) is 21.2. The van der Waals surface area contributed by atoms with E-state index in [9.17, 15) is 14.0 Å². The smallest absolute Gasteiger partial charge is 0.333 e. The van der Waals surface area contributed by atoms with Gasteiger partial charge in [0.1, 0.15) is 5.82 Å². The minimum Gasteiger partial charge on any atom is -0.464 e. The third kappa shape index (κ3) is 4.74. The van der Waals surface area contributed by atoms with Gasteiger partial charge in [-0.1, -0.05) is 30.3 Å². The second-order valence-electron chi connectivity index (χ2n) is 6.89. The summed E-state index contributed by atoms with van der Waals surface area (Å²) in [7, 11) is 0. The maximum atomic E-state index is 13.3. The summed E-state index contributed by atoms with van der Waals surface area (Å²) in [6, 6.07) is 14.2. The van der Waals surface area contributed by atoms with Crippen LogP contribution in [0.15, 0.2) is 54.6 Å². The Morgan fingerprint density at radius 3 is 2.40 bits per heavy atom. The van der Waals surface area contributed by atoms with Gasteiger partial charge in [0.2, 0.25) is 5.91 Å². The lowest BCUT2D eigenvalue weighted by Gasteiger charge is -2.18. The lowest BCUT2D eigenvalue weighted by atomic mass is 10.0. The van der Waals surface area contributed by atoms with Crippen LogP contribution < -0.4 is 5.32 Å². The molecule has 30 heavy (non-hydrogen) atoms. The first-order valence-electron chi connectivity index (χ1n) is 9.72. The minimum atomic E-state index is -0.990. The molecule has 0 radical (unpaired) electrons. The van der Waals surface area contributed by atoms with Gasteiger partial charge in [-0.25, -0.2) is 13.9 Å². The Morgan fingerprint density at radius 1 is 1.10 bits per heavy atom. The Kier molecular flexibility index (Phi) is 6.61. The summed E-state index contributed by atoms with van der Waals surface area (Å²) < 4.78 is 20.1. The summed E-state index contributed by atoms with van der Waals surface area (Å²) in [5.74, 6) is -1.20. The van der Waals surface area contributed by atoms with Crippen LogP contribution in [0, 0.1) is 19.7 Å². The second-order valence-corrected chi connectivity index (χ2v) is 6.89. The molecule has 0 aliphatic heterocycles. The first-order chi connectivity index (χ1) is 14.4. The molecular formula is C23H24FN3O3. The lowest BCUT2D eigenvalue weighted by molar-refractivity contribution is -0.147. The van der Waals surface area contributed by atoms with E-state index in [1.165, 1.54) is 12.1 Å². The van der Waals surface area contributed by atoms with E-state index in [1.807, 2.05) is 30.3 Å². The maximum absolute atomic E-state index is 13.3. The van der Waals surface area contributed by atoms with Gasteiger partial charge >= 0.3 is 5.97 Å². The van der Waals surface area contributed by atoms with Crippen molar-refractivity contribution in [3.63, 3.8) is 0 Å². The molecule has 7 heteroatoms. The average molecular weight is 409 g/mol. The van der Waals surface area contributed by atoms with Gasteiger partial charge in [0.05, 0.1) is 24.4 Å². The SMILES string of the molecule is CCOC(=O)C(NC(=O)Cc1ccccc1)c1c(C)nn(-c2ccc(F)cc2)c1C. The predicted octanol–water partition coefficient (Wildman–Crippen LogP) is 3.59. The number of aromatic nitrogens is 2. The third-order valence-corrected chi connectivity index (χ3v) is 4.74. The number of aryl methyl sites for hydroxylation is 1. The third-order valence-electron chi connectivity index (χ3n) is 4.74. The number of esters is 1. The lowest BCUT2D eigenvalue weighted by Crippen LogP contribution is -2.36. The fourth-order valence-electron chi connectivity index (χ4n) is 3.37. The van der Waals surface area contributed by atoms with Gasteiger partial charge in [-0.15, -0.1) is 0 Å². The van der Waals surface area contributed by atoms with Gasteiger partial charge in [-0.05, 0) is 50.6 Å². The number of ether oxygens (including phenoxy) is 1. The van der Waals surface area contributed by atoms with Crippen LogP contribution >= 0.6 is 0 Å². The Balaban J connectivity index is 1.93. The van der Waals surface area contributed by atoms with E-state index in [2.05, 4.69) is 10.4 Å². The van der Waals surface area contributed by atoms with Crippen molar-refractivity contribution in [2.24, 2.45) is 0 Å². The molecule has 1 atom stereocenters. The number of hydrogen-bond acceptors (Lipinski definition) is 4. The number of carbonyl (C=O) groups is 2. The topological polar surface area (TPSA) is 73.2 Å². The van der Waals surface area contributed by atoms with E-state index in [4.69, 9.17) is 4.74 Å². The van der Waals surface area contributed by atoms with Crippen molar-refractivity contribution in [2.75, 3.05) is 6.61 Å². The molecule has 0 saturated heterocycles. The Morgan fingerprint density at radius 2 is 1.77 bits per heavy atom. The normalized spacial score (nSPS) is 11.7. The second kappa shape index (κ2) is 9.35. The zero-order chi connectivity index (χ0) is 21.7. The Bertz CT molecular complexity index is 1030. The number of amides is 1. The first-order valence-corrected chi connectivity index (χ1v) is 9.72. The van der Waals surface area contributed by atoms with Crippen LogP contribution in [-0.4, -0.2) is 28.3 Å². The molecule has 0 spiro atoms. The van der Waals surface area contributed by atoms with E-state index in [1.54, 1.807) is 37.6 Å². The largest absolute Gasteiger partial charge is 0.464 e. The van der Waals surface area contributed by atoms with Crippen LogP contribution in [0.5, 0.6) is 0 Å². The molecule has 3 rings (SSSR count). The van der Waals surface area contributed by atoms with E-state index in [0.717, 1.165) is 5.56 Å². The zero-order valence-electron chi connectivity index (χ0n) is 17.2. The summed E-state index contributed by atoms with van der Waals surface area (Å²) in [5.41, 5.74) is 3.31. The standard InChI is InChI=1S/C23H24FN3O3/c1-4-30-23(29)22(25-20(28)14-17-8-6-5-7-9-17)21-15(2)26-27(16(21)3)19-12-10-18(24)11-13-19/h5-13,22H,4,14H2,1-3H3,(H,25,28). The Labute approximate surface area is 174 Å². The highest BCUT2D eigenvalue weighted by molar-refractivity contribution is 5.87. The Hall–Kier alpha value is -3.48. The van der Waals surface area contributed by atoms with E-state index < -0.39 is 12.0 Å².